The largest absolute Gasteiger partial charge is 0.312 e. The third kappa shape index (κ3) is 8.56. The average Bonchev–Trinajstić information content (AvgIpc) is 2.87. The lowest BCUT2D eigenvalue weighted by atomic mass is 9.88. The SMILES string of the molecule is CC(C)c1cc(-c2ccccc2S(C)=O)cc(C(C)C)c1N(O)CN.CN(C)Cc1ccc(S(N)=O)cc1. The second kappa shape index (κ2) is 14.7. The van der Waals surface area contributed by atoms with E-state index in [0.29, 0.717) is 4.90 Å². The van der Waals surface area contributed by atoms with E-state index in [1.165, 1.54) is 5.56 Å². The van der Waals surface area contributed by atoms with Gasteiger partial charge in [0.15, 0.2) is 0 Å². The molecule has 208 valence electrons. The lowest BCUT2D eigenvalue weighted by molar-refractivity contribution is 0.255. The molecule has 38 heavy (non-hydrogen) atoms. The summed E-state index contributed by atoms with van der Waals surface area (Å²) in [6.07, 6.45) is 1.70. The summed E-state index contributed by atoms with van der Waals surface area (Å²) in [6, 6.07) is 19.4. The van der Waals surface area contributed by atoms with E-state index in [0.717, 1.165) is 44.4 Å². The van der Waals surface area contributed by atoms with Crippen LogP contribution in [0.5, 0.6) is 0 Å². The predicted octanol–water partition coefficient (Wildman–Crippen LogP) is 5.18. The summed E-state index contributed by atoms with van der Waals surface area (Å²) in [5, 5.41) is 16.7. The van der Waals surface area contributed by atoms with Gasteiger partial charge in [0.1, 0.15) is 11.0 Å². The number of hydrogen-bond acceptors (Lipinski definition) is 6. The first-order chi connectivity index (χ1) is 17.9. The highest BCUT2D eigenvalue weighted by atomic mass is 32.2. The molecule has 0 amide bonds. The van der Waals surface area contributed by atoms with Gasteiger partial charge in [0, 0.05) is 17.7 Å². The monoisotopic (exact) mass is 558 g/mol. The van der Waals surface area contributed by atoms with Gasteiger partial charge >= 0.3 is 0 Å². The summed E-state index contributed by atoms with van der Waals surface area (Å²) in [7, 11) is 1.58. The molecule has 7 nitrogen and oxygen atoms in total. The number of rotatable bonds is 9. The van der Waals surface area contributed by atoms with Gasteiger partial charge in [0.05, 0.1) is 28.1 Å². The van der Waals surface area contributed by atoms with Crippen LogP contribution in [-0.4, -0.2) is 45.5 Å². The van der Waals surface area contributed by atoms with Crippen molar-refractivity contribution in [2.45, 2.75) is 55.9 Å². The van der Waals surface area contributed by atoms with Crippen molar-refractivity contribution in [1.29, 1.82) is 0 Å². The first kappa shape index (κ1) is 31.8. The van der Waals surface area contributed by atoms with Gasteiger partial charge in [-0.1, -0.05) is 58.0 Å². The molecule has 2 unspecified atom stereocenters. The number of anilines is 1. The molecule has 0 saturated heterocycles. The number of benzene rings is 3. The van der Waals surface area contributed by atoms with Gasteiger partial charge in [-0.25, -0.2) is 14.4 Å². The van der Waals surface area contributed by atoms with E-state index in [2.05, 4.69) is 44.7 Å². The molecule has 0 saturated carbocycles. The Morgan fingerprint density at radius 1 is 0.895 bits per heavy atom. The summed E-state index contributed by atoms with van der Waals surface area (Å²) in [4.78, 5) is 3.57. The number of hydroxylamine groups is 1. The number of nitrogens with two attached hydrogens (primary N) is 2. The summed E-state index contributed by atoms with van der Waals surface area (Å²) in [6.45, 7) is 9.32. The maximum absolute atomic E-state index is 12.1. The summed E-state index contributed by atoms with van der Waals surface area (Å²) >= 11 is 0. The molecule has 3 aromatic carbocycles. The standard InChI is InChI=1S/C20H28N2O2S.C9H14N2OS/c1-13(2)17-10-15(16-8-6-7-9-19(16)25(5)24)11-18(14(3)4)20(17)22(23)12-21;1-11(2)7-8-3-5-9(6-4-8)13(10)12/h6-11,13-14,23H,12,21H2,1-5H3;3-6H,7,10H2,1-2H3. The van der Waals surface area contributed by atoms with Gasteiger partial charge in [-0.2, -0.15) is 0 Å². The molecule has 0 fully saturated rings. The normalized spacial score (nSPS) is 12.9. The molecule has 0 aliphatic heterocycles. The summed E-state index contributed by atoms with van der Waals surface area (Å²) in [5.74, 6) is 0.431. The zero-order chi connectivity index (χ0) is 28.6. The molecule has 5 N–H and O–H groups in total. The van der Waals surface area contributed by atoms with Crippen molar-refractivity contribution in [3.63, 3.8) is 0 Å². The van der Waals surface area contributed by atoms with E-state index < -0.39 is 21.8 Å². The van der Waals surface area contributed by atoms with Crippen molar-refractivity contribution < 1.29 is 13.6 Å². The van der Waals surface area contributed by atoms with Crippen molar-refractivity contribution in [3.05, 3.63) is 77.4 Å². The molecule has 9 heteroatoms. The quantitative estimate of drug-likeness (QED) is 0.246. The molecule has 0 radical (unpaired) electrons. The van der Waals surface area contributed by atoms with Gasteiger partial charge in [0.2, 0.25) is 0 Å². The molecule has 0 aliphatic rings. The van der Waals surface area contributed by atoms with E-state index >= 15 is 0 Å². The van der Waals surface area contributed by atoms with Crippen LogP contribution in [0.15, 0.2) is 70.5 Å². The van der Waals surface area contributed by atoms with Gasteiger partial charge in [-0.15, -0.1) is 0 Å². The minimum Gasteiger partial charge on any atom is -0.312 e. The summed E-state index contributed by atoms with van der Waals surface area (Å²) < 4.78 is 23.0. The molecule has 0 heterocycles. The minimum atomic E-state index is -1.36. The molecule has 0 aromatic heterocycles. The van der Waals surface area contributed by atoms with Gasteiger partial charge < -0.3 is 10.6 Å². The van der Waals surface area contributed by atoms with Crippen LogP contribution in [0.2, 0.25) is 0 Å². The van der Waals surface area contributed by atoms with Crippen LogP contribution in [0.1, 0.15) is 56.2 Å². The Morgan fingerprint density at radius 2 is 1.42 bits per heavy atom. The van der Waals surface area contributed by atoms with E-state index in [4.69, 9.17) is 10.9 Å². The number of hydrogen-bond donors (Lipinski definition) is 3. The van der Waals surface area contributed by atoms with Gasteiger partial charge in [0.25, 0.3) is 0 Å². The zero-order valence-electron chi connectivity index (χ0n) is 23.5. The van der Waals surface area contributed by atoms with Crippen LogP contribution in [0.25, 0.3) is 11.1 Å². The van der Waals surface area contributed by atoms with Gasteiger partial charge in [-0.05, 0) is 84.1 Å². The molecule has 0 bridgehead atoms. The second-order valence-corrected chi connectivity index (χ2v) is 12.4. The van der Waals surface area contributed by atoms with Crippen LogP contribution >= 0.6 is 0 Å². The molecule has 0 aliphatic carbocycles. The fourth-order valence-electron chi connectivity index (χ4n) is 4.16. The molecule has 3 rings (SSSR count). The average molecular weight is 559 g/mol. The fourth-order valence-corrected chi connectivity index (χ4v) is 5.33. The van der Waals surface area contributed by atoms with Crippen molar-refractivity contribution in [3.8, 4) is 11.1 Å². The Hall–Kier alpha value is -2.40. The highest BCUT2D eigenvalue weighted by Crippen LogP contribution is 2.39. The zero-order valence-corrected chi connectivity index (χ0v) is 25.1. The lowest BCUT2D eigenvalue weighted by Crippen LogP contribution is -2.28. The second-order valence-electron chi connectivity index (χ2n) is 10.0. The van der Waals surface area contributed by atoms with Crippen molar-refractivity contribution in [2.24, 2.45) is 10.9 Å². The van der Waals surface area contributed by atoms with Crippen LogP contribution in [0.4, 0.5) is 5.69 Å². The van der Waals surface area contributed by atoms with Crippen molar-refractivity contribution in [2.75, 3.05) is 32.1 Å². The summed E-state index contributed by atoms with van der Waals surface area (Å²) in [5.41, 5.74) is 11.7. The van der Waals surface area contributed by atoms with E-state index in [-0.39, 0.29) is 18.5 Å². The first-order valence-corrected chi connectivity index (χ1v) is 15.3. The first-order valence-electron chi connectivity index (χ1n) is 12.5. The Bertz CT molecular complexity index is 1220. The minimum absolute atomic E-state index is 0.0361. The van der Waals surface area contributed by atoms with Crippen LogP contribution in [0, 0.1) is 0 Å². The Morgan fingerprint density at radius 3 is 1.84 bits per heavy atom. The third-order valence-electron chi connectivity index (χ3n) is 6.01. The van der Waals surface area contributed by atoms with E-state index in [9.17, 15) is 13.6 Å². The lowest BCUT2D eigenvalue weighted by Gasteiger charge is -2.27. The van der Waals surface area contributed by atoms with E-state index in [1.807, 2.05) is 50.5 Å². The Kier molecular flexibility index (Phi) is 12.3. The van der Waals surface area contributed by atoms with Crippen molar-refractivity contribution in [1.82, 2.24) is 4.90 Å². The smallest absolute Gasteiger partial charge is 0.122 e. The van der Waals surface area contributed by atoms with Gasteiger partial charge in [-0.3, -0.25) is 9.42 Å². The highest BCUT2D eigenvalue weighted by Gasteiger charge is 2.21. The fraction of sp³-hybridized carbons (Fsp3) is 0.379. The predicted molar refractivity (Wildman–Crippen MR) is 160 cm³/mol. The number of nitrogens with zero attached hydrogens (tertiary/aromatic N) is 2. The molecular formula is C29H42N4O3S2. The molecule has 2 atom stereocenters. The Labute approximate surface area is 232 Å². The Balaban J connectivity index is 0.000000328. The maximum atomic E-state index is 12.1. The van der Waals surface area contributed by atoms with Crippen LogP contribution in [-0.2, 0) is 28.3 Å². The van der Waals surface area contributed by atoms with Crippen LogP contribution in [0.3, 0.4) is 0 Å². The van der Waals surface area contributed by atoms with E-state index in [1.54, 1.807) is 18.4 Å². The molecular weight excluding hydrogens is 516 g/mol. The van der Waals surface area contributed by atoms with Crippen molar-refractivity contribution >= 4 is 27.5 Å². The maximum Gasteiger partial charge on any atom is 0.122 e. The topological polar surface area (TPSA) is 113 Å². The highest BCUT2D eigenvalue weighted by molar-refractivity contribution is 7.84. The van der Waals surface area contributed by atoms with Crippen LogP contribution < -0.4 is 15.9 Å². The molecule has 0 spiro atoms. The third-order valence-corrected chi connectivity index (χ3v) is 7.72. The molecule has 3 aromatic rings.